The van der Waals surface area contributed by atoms with E-state index in [9.17, 15) is 9.59 Å². The van der Waals surface area contributed by atoms with E-state index in [0.29, 0.717) is 11.3 Å². The van der Waals surface area contributed by atoms with Gasteiger partial charge in [0.1, 0.15) is 5.37 Å². The van der Waals surface area contributed by atoms with Gasteiger partial charge in [0, 0.05) is 12.0 Å². The van der Waals surface area contributed by atoms with Crippen LogP contribution in [0.5, 0.6) is 0 Å². The number of fused-ring (bicyclic) bond motifs is 1. The molecule has 15 heavy (non-hydrogen) atoms. The van der Waals surface area contributed by atoms with Crippen LogP contribution < -0.4 is 5.73 Å². The van der Waals surface area contributed by atoms with E-state index in [1.54, 1.807) is 0 Å². The number of aliphatic hydroxyl groups is 1. The van der Waals surface area contributed by atoms with Crippen molar-refractivity contribution in [3.05, 3.63) is 11.8 Å². The van der Waals surface area contributed by atoms with Gasteiger partial charge in [0.25, 0.3) is 5.91 Å². The number of carbonyl (C=O) groups excluding carboxylic acids is 1. The quantitative estimate of drug-likeness (QED) is 0.396. The smallest absolute Gasteiger partial charge is 0.336 e. The van der Waals surface area contributed by atoms with Crippen LogP contribution in [-0.2, 0) is 9.59 Å². The summed E-state index contributed by atoms with van der Waals surface area (Å²) in [6.07, 6.45) is 1.48. The summed E-state index contributed by atoms with van der Waals surface area (Å²) >= 11 is 1.26. The van der Waals surface area contributed by atoms with Crippen molar-refractivity contribution < 1.29 is 19.8 Å². The average Bonchev–Trinajstić information content (AvgIpc) is 2.26. The number of hydrogen-bond acceptors (Lipinski definition) is 5. The van der Waals surface area contributed by atoms with Crippen molar-refractivity contribution in [2.45, 2.75) is 10.9 Å². The molecule has 6 nitrogen and oxygen atoms in total. The molecule has 2 atom stereocenters. The van der Waals surface area contributed by atoms with Gasteiger partial charge in [0.2, 0.25) is 5.54 Å². The van der Waals surface area contributed by atoms with E-state index in [1.165, 1.54) is 22.9 Å². The van der Waals surface area contributed by atoms with Gasteiger partial charge in [-0.2, -0.15) is 0 Å². The summed E-state index contributed by atoms with van der Waals surface area (Å²) in [4.78, 5) is 23.6. The van der Waals surface area contributed by atoms with E-state index in [-0.39, 0.29) is 6.61 Å². The van der Waals surface area contributed by atoms with Crippen molar-refractivity contribution >= 4 is 23.6 Å². The summed E-state index contributed by atoms with van der Waals surface area (Å²) in [6.45, 7) is -0.131. The standard InChI is InChI=1S/C8H10N2O4S/c9-8(7(13)14)5(12)10-1-4(2-11)3-15-6(8)10/h1,6,11H,2-3,9H2,(H,13,14)/t6-,8?/m0/s1. The number of carboxylic acid groups (broad SMARTS) is 1. The number of carbonyl (C=O) groups is 2. The molecule has 0 aromatic heterocycles. The third-order valence-electron chi connectivity index (χ3n) is 2.54. The number of thioether (sulfide) groups is 1. The Kier molecular flexibility index (Phi) is 2.25. The zero-order valence-corrected chi connectivity index (χ0v) is 8.53. The number of rotatable bonds is 2. The van der Waals surface area contributed by atoms with E-state index in [1.807, 2.05) is 0 Å². The SMILES string of the molecule is NC1(C(=O)O)C(=O)N2C=C(CO)CS[C@H]21. The molecule has 0 radical (unpaired) electrons. The summed E-state index contributed by atoms with van der Waals surface area (Å²) in [5.74, 6) is -1.43. The fourth-order valence-electron chi connectivity index (χ4n) is 1.62. The van der Waals surface area contributed by atoms with Crippen LogP contribution in [0.3, 0.4) is 0 Å². The fourth-order valence-corrected chi connectivity index (χ4v) is 2.94. The lowest BCUT2D eigenvalue weighted by Crippen LogP contribution is -2.79. The molecule has 7 heteroatoms. The second kappa shape index (κ2) is 3.22. The zero-order chi connectivity index (χ0) is 11.2. The maximum Gasteiger partial charge on any atom is 0.336 e. The van der Waals surface area contributed by atoms with Gasteiger partial charge in [-0.3, -0.25) is 4.79 Å². The van der Waals surface area contributed by atoms with Crippen molar-refractivity contribution in [1.29, 1.82) is 0 Å². The van der Waals surface area contributed by atoms with Crippen LogP contribution in [0.25, 0.3) is 0 Å². The second-order valence-electron chi connectivity index (χ2n) is 3.50. The molecule has 2 aliphatic heterocycles. The lowest BCUT2D eigenvalue weighted by Gasteiger charge is -2.51. The molecule has 0 aliphatic carbocycles. The minimum Gasteiger partial charge on any atom is -0.479 e. The molecular formula is C8H10N2O4S. The maximum atomic E-state index is 11.5. The molecule has 0 bridgehead atoms. The lowest BCUT2D eigenvalue weighted by molar-refractivity contribution is -0.164. The molecule has 4 N–H and O–H groups in total. The van der Waals surface area contributed by atoms with Gasteiger partial charge in [0.15, 0.2) is 0 Å². The minimum absolute atomic E-state index is 0.131. The molecule has 1 unspecified atom stereocenters. The average molecular weight is 230 g/mol. The Morgan fingerprint density at radius 3 is 3.00 bits per heavy atom. The monoisotopic (exact) mass is 230 g/mol. The van der Waals surface area contributed by atoms with Crippen LogP contribution in [0, 0.1) is 0 Å². The van der Waals surface area contributed by atoms with E-state index < -0.39 is 22.8 Å². The number of β-lactam (4-membered cyclic amide) rings is 1. The number of nitrogens with two attached hydrogens (primary N) is 1. The Labute approximate surface area is 89.7 Å². The summed E-state index contributed by atoms with van der Waals surface area (Å²) in [5.41, 5.74) is 4.42. The Morgan fingerprint density at radius 2 is 2.47 bits per heavy atom. The normalized spacial score (nSPS) is 34.3. The highest BCUT2D eigenvalue weighted by Gasteiger charge is 2.64. The third-order valence-corrected chi connectivity index (χ3v) is 3.99. The van der Waals surface area contributed by atoms with E-state index in [0.717, 1.165) is 0 Å². The van der Waals surface area contributed by atoms with Crippen molar-refractivity contribution in [3.8, 4) is 0 Å². The minimum atomic E-state index is -1.80. The molecule has 1 fully saturated rings. The van der Waals surface area contributed by atoms with Gasteiger partial charge in [0.05, 0.1) is 6.61 Å². The zero-order valence-electron chi connectivity index (χ0n) is 7.71. The predicted octanol–water partition coefficient (Wildman–Crippen LogP) is -1.44. The van der Waals surface area contributed by atoms with Gasteiger partial charge in [-0.15, -0.1) is 11.8 Å². The van der Waals surface area contributed by atoms with Gasteiger partial charge in [-0.05, 0) is 5.57 Å². The Hall–Kier alpha value is -1.05. The Balaban J connectivity index is 2.26. The predicted molar refractivity (Wildman–Crippen MR) is 52.8 cm³/mol. The molecule has 82 valence electrons. The number of aliphatic carboxylic acids is 1. The number of amides is 1. The summed E-state index contributed by atoms with van der Waals surface area (Å²) < 4.78 is 0. The van der Waals surface area contributed by atoms with Crippen LogP contribution >= 0.6 is 11.8 Å². The highest BCUT2D eigenvalue weighted by Crippen LogP contribution is 2.41. The number of hydrogen-bond donors (Lipinski definition) is 3. The van der Waals surface area contributed by atoms with Gasteiger partial charge in [-0.1, -0.05) is 0 Å². The molecular weight excluding hydrogens is 220 g/mol. The first kappa shape index (κ1) is 10.5. The van der Waals surface area contributed by atoms with Gasteiger partial charge >= 0.3 is 5.97 Å². The maximum absolute atomic E-state index is 11.5. The van der Waals surface area contributed by atoms with E-state index in [2.05, 4.69) is 0 Å². The summed E-state index contributed by atoms with van der Waals surface area (Å²) in [5, 5.41) is 17.2. The first-order valence-corrected chi connectivity index (χ1v) is 5.33. The molecule has 0 aromatic carbocycles. The second-order valence-corrected chi connectivity index (χ2v) is 4.56. The third kappa shape index (κ3) is 1.20. The highest BCUT2D eigenvalue weighted by molar-refractivity contribution is 8.00. The molecule has 1 saturated heterocycles. The van der Waals surface area contributed by atoms with E-state index in [4.69, 9.17) is 15.9 Å². The van der Waals surface area contributed by atoms with Gasteiger partial charge in [-0.25, -0.2) is 4.79 Å². The van der Waals surface area contributed by atoms with E-state index >= 15 is 0 Å². The van der Waals surface area contributed by atoms with Gasteiger partial charge < -0.3 is 20.8 Å². The van der Waals surface area contributed by atoms with Crippen molar-refractivity contribution in [2.75, 3.05) is 12.4 Å². The van der Waals surface area contributed by atoms with Crippen LogP contribution in [0.4, 0.5) is 0 Å². The molecule has 0 spiro atoms. The fraction of sp³-hybridized carbons (Fsp3) is 0.500. The molecule has 2 heterocycles. The number of aliphatic hydroxyl groups excluding tert-OH is 1. The Bertz CT molecular complexity index is 370. The Morgan fingerprint density at radius 1 is 1.80 bits per heavy atom. The van der Waals surface area contributed by atoms with Crippen LogP contribution in [0.2, 0.25) is 0 Å². The molecule has 1 amide bonds. The van der Waals surface area contributed by atoms with Crippen LogP contribution in [-0.4, -0.2) is 50.3 Å². The largest absolute Gasteiger partial charge is 0.479 e. The first-order chi connectivity index (χ1) is 7.01. The first-order valence-electron chi connectivity index (χ1n) is 4.29. The summed E-state index contributed by atoms with van der Waals surface area (Å²) in [7, 11) is 0. The molecule has 0 aromatic rings. The number of carboxylic acids is 1. The highest BCUT2D eigenvalue weighted by atomic mass is 32.2. The van der Waals surface area contributed by atoms with Crippen LogP contribution in [0.1, 0.15) is 0 Å². The van der Waals surface area contributed by atoms with Crippen molar-refractivity contribution in [2.24, 2.45) is 5.73 Å². The topological polar surface area (TPSA) is 104 Å². The summed E-state index contributed by atoms with van der Waals surface area (Å²) in [6, 6.07) is 0. The lowest BCUT2D eigenvalue weighted by atomic mass is 9.89. The molecule has 2 aliphatic rings. The van der Waals surface area contributed by atoms with Crippen LogP contribution in [0.15, 0.2) is 11.8 Å². The molecule has 0 saturated carbocycles. The van der Waals surface area contributed by atoms with Crippen molar-refractivity contribution in [1.82, 2.24) is 4.90 Å². The van der Waals surface area contributed by atoms with Crippen molar-refractivity contribution in [3.63, 3.8) is 0 Å². The molecule has 2 rings (SSSR count). The number of nitrogens with zero attached hydrogens (tertiary/aromatic N) is 1.